The summed E-state index contributed by atoms with van der Waals surface area (Å²) in [5.74, 6) is 0.988. The van der Waals surface area contributed by atoms with Crippen LogP contribution >= 0.6 is 27.5 Å². The van der Waals surface area contributed by atoms with Crippen LogP contribution in [-0.4, -0.2) is 17.9 Å². The number of nitrogens with one attached hydrogen (secondary N) is 1. The first-order valence-corrected chi connectivity index (χ1v) is 11.4. The second-order valence-corrected chi connectivity index (χ2v) is 8.84. The molecule has 0 fully saturated rings. The van der Waals surface area contributed by atoms with Gasteiger partial charge in [0, 0.05) is 28.8 Å². The highest BCUT2D eigenvalue weighted by atomic mass is 79.9. The highest BCUT2D eigenvalue weighted by molar-refractivity contribution is 9.10. The highest BCUT2D eigenvalue weighted by Crippen LogP contribution is 2.37. The summed E-state index contributed by atoms with van der Waals surface area (Å²) in [5, 5.41) is 14.7. The van der Waals surface area contributed by atoms with E-state index in [1.54, 1.807) is 19.2 Å². The third kappa shape index (κ3) is 4.79. The molecule has 0 unspecified atom stereocenters. The van der Waals surface area contributed by atoms with Gasteiger partial charge in [-0.25, -0.2) is 0 Å². The van der Waals surface area contributed by atoms with Crippen molar-refractivity contribution < 1.29 is 9.84 Å². The number of halogens is 2. The molecule has 31 heavy (non-hydrogen) atoms. The monoisotopic (exact) mass is 498 g/mol. The topological polar surface area (TPSA) is 53.8 Å². The fourth-order valence-electron chi connectivity index (χ4n) is 3.84. The predicted octanol–water partition coefficient (Wildman–Crippen LogP) is 6.60. The Morgan fingerprint density at radius 1 is 1.13 bits per heavy atom. The third-order valence-corrected chi connectivity index (χ3v) is 6.45. The zero-order chi connectivity index (χ0) is 22.0. The van der Waals surface area contributed by atoms with Gasteiger partial charge in [-0.2, -0.15) is 0 Å². The summed E-state index contributed by atoms with van der Waals surface area (Å²) in [6.45, 7) is 2.15. The molecule has 0 aliphatic carbocycles. The minimum atomic E-state index is -0.278. The maximum atomic E-state index is 10.5. The third-order valence-electron chi connectivity index (χ3n) is 5.59. The van der Waals surface area contributed by atoms with Crippen molar-refractivity contribution in [3.63, 3.8) is 0 Å². The van der Waals surface area contributed by atoms with Crippen molar-refractivity contribution in [2.24, 2.45) is 4.99 Å². The highest BCUT2D eigenvalue weighted by Gasteiger charge is 2.28. The minimum absolute atomic E-state index is 0.136. The molecule has 1 aliphatic heterocycles. The second kappa shape index (κ2) is 9.43. The van der Waals surface area contributed by atoms with E-state index in [1.165, 1.54) is 5.56 Å². The number of aryl methyl sites for hydroxylation is 1. The average molecular weight is 500 g/mol. The van der Waals surface area contributed by atoms with Crippen LogP contribution in [0.1, 0.15) is 47.8 Å². The Hall–Kier alpha value is -2.34. The molecule has 0 aromatic heterocycles. The Balaban J connectivity index is 1.76. The molecule has 2 atom stereocenters. The summed E-state index contributed by atoms with van der Waals surface area (Å²) in [6.07, 6.45) is 1.36. The summed E-state index contributed by atoms with van der Waals surface area (Å²) < 4.78 is 6.23. The number of ether oxygens (including phenoxy) is 1. The van der Waals surface area contributed by atoms with Gasteiger partial charge in [0.25, 0.3) is 0 Å². The molecule has 2 N–H and O–H groups in total. The van der Waals surface area contributed by atoms with Gasteiger partial charge in [0.2, 0.25) is 0 Å². The van der Waals surface area contributed by atoms with Crippen LogP contribution in [0.3, 0.4) is 0 Å². The fraction of sp³-hybridized carbons (Fsp3) is 0.240. The van der Waals surface area contributed by atoms with Crippen molar-refractivity contribution in [1.29, 1.82) is 0 Å². The number of benzene rings is 3. The van der Waals surface area contributed by atoms with Crippen LogP contribution in [0.15, 0.2) is 70.1 Å². The number of aromatic hydroxyl groups is 1. The van der Waals surface area contributed by atoms with Gasteiger partial charge in [-0.15, -0.1) is 0 Å². The van der Waals surface area contributed by atoms with Gasteiger partial charge in [0.05, 0.1) is 11.6 Å². The Kier molecular flexibility index (Phi) is 6.65. The number of hydrogen-bond acceptors (Lipinski definition) is 4. The van der Waals surface area contributed by atoms with E-state index in [9.17, 15) is 5.11 Å². The molecule has 0 radical (unpaired) electrons. The number of phenolic OH excluding ortho intramolecular Hbond substituents is 1. The van der Waals surface area contributed by atoms with E-state index in [1.807, 2.05) is 24.3 Å². The maximum Gasteiger partial charge on any atom is 0.133 e. The van der Waals surface area contributed by atoms with Crippen molar-refractivity contribution in [3.8, 4) is 11.5 Å². The zero-order valence-electron chi connectivity index (χ0n) is 17.4. The van der Waals surface area contributed by atoms with E-state index in [2.05, 4.69) is 52.4 Å². The van der Waals surface area contributed by atoms with Crippen LogP contribution < -0.4 is 10.1 Å². The van der Waals surface area contributed by atoms with Gasteiger partial charge < -0.3 is 9.84 Å². The van der Waals surface area contributed by atoms with Crippen molar-refractivity contribution in [2.75, 3.05) is 7.11 Å². The molecule has 4 rings (SSSR count). The lowest BCUT2D eigenvalue weighted by molar-refractivity contribution is 0.406. The van der Waals surface area contributed by atoms with E-state index in [0.717, 1.165) is 39.0 Å². The summed E-state index contributed by atoms with van der Waals surface area (Å²) in [4.78, 5) is 5.03. The van der Waals surface area contributed by atoms with E-state index in [4.69, 9.17) is 21.3 Å². The Labute approximate surface area is 196 Å². The van der Waals surface area contributed by atoms with Crippen LogP contribution in [0.5, 0.6) is 11.5 Å². The number of aliphatic imine (C=N–C) groups is 1. The molecular formula is C25H24BrClN2O2. The molecule has 3 aromatic rings. The lowest BCUT2D eigenvalue weighted by atomic mass is 9.93. The standard InChI is InChI=1S/C25H24BrClN2O2/c1-3-15-4-6-16(7-5-15)21-14-22(19-13-18(27)9-10-23(19)30)29-25(28-21)17-8-11-24(31-2)20(26)12-17/h4-13,22,25,29-30H,3,14H2,1-2H3/t22-,25-/m1/s1. The van der Waals surface area contributed by atoms with Gasteiger partial charge in [0.1, 0.15) is 17.7 Å². The second-order valence-electron chi connectivity index (χ2n) is 7.55. The molecular weight excluding hydrogens is 476 g/mol. The summed E-state index contributed by atoms with van der Waals surface area (Å²) >= 11 is 9.81. The molecule has 0 amide bonds. The van der Waals surface area contributed by atoms with E-state index in [-0.39, 0.29) is 18.0 Å². The normalized spacial score (nSPS) is 18.5. The Morgan fingerprint density at radius 3 is 2.58 bits per heavy atom. The summed E-state index contributed by atoms with van der Waals surface area (Å²) in [5.41, 5.74) is 5.13. The maximum absolute atomic E-state index is 10.5. The average Bonchev–Trinajstić information content (AvgIpc) is 2.80. The predicted molar refractivity (Wildman–Crippen MR) is 129 cm³/mol. The summed E-state index contributed by atoms with van der Waals surface area (Å²) in [6, 6.07) is 19.5. The summed E-state index contributed by atoms with van der Waals surface area (Å²) in [7, 11) is 1.65. The molecule has 1 aliphatic rings. The fourth-order valence-corrected chi connectivity index (χ4v) is 4.58. The SMILES string of the molecule is CCc1ccc(C2=N[C@@H](c3ccc(OC)c(Br)c3)N[C@@H](c3cc(Cl)ccc3O)C2)cc1. The molecule has 0 saturated heterocycles. The first kappa shape index (κ1) is 21.9. The number of nitrogens with zero attached hydrogens (tertiary/aromatic N) is 1. The molecule has 0 spiro atoms. The number of phenols is 1. The molecule has 3 aromatic carbocycles. The van der Waals surface area contributed by atoms with Gasteiger partial charge in [-0.05, 0) is 69.4 Å². The Bertz CT molecular complexity index is 1120. The van der Waals surface area contributed by atoms with Gasteiger partial charge >= 0.3 is 0 Å². The number of hydrogen-bond donors (Lipinski definition) is 2. The van der Waals surface area contributed by atoms with Crippen molar-refractivity contribution in [3.05, 3.63) is 92.4 Å². The van der Waals surface area contributed by atoms with Crippen LogP contribution in [0.4, 0.5) is 0 Å². The van der Waals surface area contributed by atoms with Crippen molar-refractivity contribution >= 4 is 33.2 Å². The smallest absolute Gasteiger partial charge is 0.133 e. The van der Waals surface area contributed by atoms with Crippen LogP contribution in [-0.2, 0) is 6.42 Å². The minimum Gasteiger partial charge on any atom is -0.508 e. The zero-order valence-corrected chi connectivity index (χ0v) is 19.7. The molecule has 1 heterocycles. The van der Waals surface area contributed by atoms with E-state index < -0.39 is 0 Å². The Morgan fingerprint density at radius 2 is 1.90 bits per heavy atom. The van der Waals surface area contributed by atoms with Crippen LogP contribution in [0.25, 0.3) is 0 Å². The van der Waals surface area contributed by atoms with Gasteiger partial charge in [-0.1, -0.05) is 48.9 Å². The number of methoxy groups -OCH3 is 1. The largest absolute Gasteiger partial charge is 0.508 e. The van der Waals surface area contributed by atoms with Gasteiger partial charge in [-0.3, -0.25) is 10.3 Å². The van der Waals surface area contributed by atoms with Crippen LogP contribution in [0, 0.1) is 0 Å². The van der Waals surface area contributed by atoms with Crippen molar-refractivity contribution in [2.45, 2.75) is 32.0 Å². The molecule has 0 saturated carbocycles. The van der Waals surface area contributed by atoms with Gasteiger partial charge in [0.15, 0.2) is 0 Å². The lowest BCUT2D eigenvalue weighted by Gasteiger charge is -2.31. The first-order valence-electron chi connectivity index (χ1n) is 10.2. The first-order chi connectivity index (χ1) is 15.0. The van der Waals surface area contributed by atoms with E-state index >= 15 is 0 Å². The molecule has 4 nitrogen and oxygen atoms in total. The molecule has 0 bridgehead atoms. The molecule has 160 valence electrons. The lowest BCUT2D eigenvalue weighted by Crippen LogP contribution is -2.33. The quantitative estimate of drug-likeness (QED) is 0.416. The number of rotatable bonds is 5. The van der Waals surface area contributed by atoms with E-state index in [0.29, 0.717) is 11.4 Å². The van der Waals surface area contributed by atoms with Crippen LogP contribution in [0.2, 0.25) is 5.02 Å². The molecule has 6 heteroatoms. The van der Waals surface area contributed by atoms with Crippen molar-refractivity contribution in [1.82, 2.24) is 5.32 Å².